The fourth-order valence-corrected chi connectivity index (χ4v) is 3.34. The maximum atomic E-state index is 12.2. The van der Waals surface area contributed by atoms with Gasteiger partial charge in [0.05, 0.1) is 5.92 Å². The van der Waals surface area contributed by atoms with Crippen LogP contribution in [0.3, 0.4) is 0 Å². The third kappa shape index (κ3) is 5.68. The maximum absolute atomic E-state index is 12.2. The number of benzene rings is 1. The summed E-state index contributed by atoms with van der Waals surface area (Å²) in [5.41, 5.74) is 0.600. The molecule has 1 aliphatic heterocycles. The molecule has 28 heavy (non-hydrogen) atoms. The fourth-order valence-electron chi connectivity index (χ4n) is 3.21. The van der Waals surface area contributed by atoms with Crippen LogP contribution >= 0.6 is 11.6 Å². The highest BCUT2D eigenvalue weighted by molar-refractivity contribution is 6.30. The first-order valence-corrected chi connectivity index (χ1v) is 9.55. The number of aromatic nitrogens is 1. The summed E-state index contributed by atoms with van der Waals surface area (Å²) in [6.45, 7) is 3.37. The van der Waals surface area contributed by atoms with Crippen LogP contribution in [0.25, 0.3) is 0 Å². The molecule has 1 aliphatic rings. The van der Waals surface area contributed by atoms with E-state index in [1.54, 1.807) is 30.5 Å². The van der Waals surface area contributed by atoms with Crippen molar-refractivity contribution >= 4 is 35.0 Å². The number of hydrogen-bond donors (Lipinski definition) is 2. The lowest BCUT2D eigenvalue weighted by molar-refractivity contribution is -0.144. The Labute approximate surface area is 168 Å². The second kappa shape index (κ2) is 9.52. The van der Waals surface area contributed by atoms with Crippen LogP contribution in [0.1, 0.15) is 6.42 Å². The summed E-state index contributed by atoms with van der Waals surface area (Å²) in [4.78, 5) is 32.5. The largest absolute Gasteiger partial charge is 0.481 e. The molecule has 0 radical (unpaired) electrons. The number of nitrogens with one attached hydrogen (secondary N) is 1. The molecule has 0 spiro atoms. The van der Waals surface area contributed by atoms with Gasteiger partial charge in [-0.2, -0.15) is 0 Å². The summed E-state index contributed by atoms with van der Waals surface area (Å²) < 4.78 is 0. The highest BCUT2D eigenvalue weighted by atomic mass is 35.5. The summed E-state index contributed by atoms with van der Waals surface area (Å²) in [6.07, 6.45) is 1.69. The Kier molecular flexibility index (Phi) is 6.84. The van der Waals surface area contributed by atoms with Crippen molar-refractivity contribution in [3.63, 3.8) is 0 Å². The minimum absolute atomic E-state index is 0.0710. The van der Waals surface area contributed by atoms with Crippen molar-refractivity contribution in [2.75, 3.05) is 42.9 Å². The minimum atomic E-state index is -0.960. The summed E-state index contributed by atoms with van der Waals surface area (Å²) in [6, 6.07) is 12.5. The van der Waals surface area contributed by atoms with Crippen molar-refractivity contribution in [3.05, 3.63) is 53.7 Å². The van der Waals surface area contributed by atoms with Gasteiger partial charge in [0.1, 0.15) is 5.82 Å². The molecule has 1 aromatic carbocycles. The Bertz CT molecular complexity index is 793. The molecule has 1 atom stereocenters. The smallest absolute Gasteiger partial charge is 0.308 e. The molecular weight excluding hydrogens is 380 g/mol. The second-order valence-electron chi connectivity index (χ2n) is 6.77. The molecular formula is C20H23ClN4O3. The first-order valence-electron chi connectivity index (χ1n) is 9.18. The number of rotatable bonds is 7. The van der Waals surface area contributed by atoms with Gasteiger partial charge >= 0.3 is 5.97 Å². The number of carboxylic acids is 1. The van der Waals surface area contributed by atoms with E-state index in [-0.39, 0.29) is 12.3 Å². The number of anilines is 2. The Hall–Kier alpha value is -2.64. The zero-order valence-electron chi connectivity index (χ0n) is 15.4. The van der Waals surface area contributed by atoms with Crippen LogP contribution in [0, 0.1) is 5.92 Å². The van der Waals surface area contributed by atoms with E-state index in [2.05, 4.69) is 20.1 Å². The zero-order valence-corrected chi connectivity index (χ0v) is 16.2. The van der Waals surface area contributed by atoms with Crippen molar-refractivity contribution in [3.8, 4) is 0 Å². The van der Waals surface area contributed by atoms with Crippen molar-refractivity contribution < 1.29 is 14.7 Å². The standard InChI is InChI=1S/C20H23ClN4O3/c21-16-4-6-17(7-5-16)23-19(26)13-15(20(27)28)14-24-9-11-25(12-10-24)18-3-1-2-8-22-18/h1-8,15H,9-14H2,(H,23,26)(H,27,28)/t15-/m0/s1. The zero-order chi connectivity index (χ0) is 19.9. The Morgan fingerprint density at radius 3 is 2.43 bits per heavy atom. The second-order valence-corrected chi connectivity index (χ2v) is 7.21. The Balaban J connectivity index is 1.50. The van der Waals surface area contributed by atoms with E-state index in [1.807, 2.05) is 18.2 Å². The Morgan fingerprint density at radius 2 is 1.82 bits per heavy atom. The van der Waals surface area contributed by atoms with Crippen LogP contribution in [0.4, 0.5) is 11.5 Å². The van der Waals surface area contributed by atoms with Crippen molar-refractivity contribution in [1.29, 1.82) is 0 Å². The van der Waals surface area contributed by atoms with Gasteiger partial charge in [-0.15, -0.1) is 0 Å². The molecule has 1 saturated heterocycles. The lowest BCUT2D eigenvalue weighted by Gasteiger charge is -2.36. The van der Waals surface area contributed by atoms with Gasteiger partial charge in [0.2, 0.25) is 5.91 Å². The van der Waals surface area contributed by atoms with Gasteiger partial charge in [0, 0.05) is 56.1 Å². The Morgan fingerprint density at radius 1 is 1.11 bits per heavy atom. The molecule has 0 aliphatic carbocycles. The fraction of sp³-hybridized carbons (Fsp3) is 0.350. The van der Waals surface area contributed by atoms with E-state index >= 15 is 0 Å². The minimum Gasteiger partial charge on any atom is -0.481 e. The van der Waals surface area contributed by atoms with Gasteiger partial charge in [-0.1, -0.05) is 17.7 Å². The number of piperazine rings is 1. The number of carboxylic acid groups (broad SMARTS) is 1. The molecule has 0 saturated carbocycles. The molecule has 2 N–H and O–H groups in total. The van der Waals surface area contributed by atoms with Crippen LogP contribution in [0.15, 0.2) is 48.7 Å². The first kappa shape index (κ1) is 20.1. The van der Waals surface area contributed by atoms with E-state index < -0.39 is 11.9 Å². The molecule has 1 aromatic heterocycles. The molecule has 148 valence electrons. The van der Waals surface area contributed by atoms with E-state index in [4.69, 9.17) is 11.6 Å². The normalized spacial score (nSPS) is 15.8. The average molecular weight is 403 g/mol. The number of nitrogens with zero attached hydrogens (tertiary/aromatic N) is 3. The topological polar surface area (TPSA) is 85.8 Å². The molecule has 2 heterocycles. The number of halogens is 1. The molecule has 3 rings (SSSR count). The van der Waals surface area contributed by atoms with Gasteiger partial charge in [-0.3, -0.25) is 14.5 Å². The SMILES string of the molecule is O=C(C[C@@H](CN1CCN(c2ccccn2)CC1)C(=O)O)Nc1ccc(Cl)cc1. The van der Waals surface area contributed by atoms with E-state index in [0.29, 0.717) is 17.3 Å². The quantitative estimate of drug-likeness (QED) is 0.740. The lowest BCUT2D eigenvalue weighted by Crippen LogP contribution is -2.49. The van der Waals surface area contributed by atoms with Gasteiger partial charge in [0.25, 0.3) is 0 Å². The predicted octanol–water partition coefficient (Wildman–Crippen LogP) is 2.59. The number of hydrogen-bond acceptors (Lipinski definition) is 5. The van der Waals surface area contributed by atoms with Crippen LogP contribution in [-0.4, -0.2) is 59.6 Å². The first-order chi connectivity index (χ1) is 13.5. The van der Waals surface area contributed by atoms with Crippen LogP contribution in [-0.2, 0) is 9.59 Å². The molecule has 2 aromatic rings. The number of pyridine rings is 1. The molecule has 1 amide bonds. The summed E-state index contributed by atoms with van der Waals surface area (Å²) >= 11 is 5.83. The van der Waals surface area contributed by atoms with Crippen molar-refractivity contribution in [2.24, 2.45) is 5.92 Å². The lowest BCUT2D eigenvalue weighted by atomic mass is 10.0. The maximum Gasteiger partial charge on any atom is 0.308 e. The van der Waals surface area contributed by atoms with Crippen molar-refractivity contribution in [2.45, 2.75) is 6.42 Å². The summed E-state index contributed by atoms with van der Waals surface area (Å²) in [5.74, 6) is -1.10. The van der Waals surface area contributed by atoms with Gasteiger partial charge in [0.15, 0.2) is 0 Å². The predicted molar refractivity (Wildman–Crippen MR) is 109 cm³/mol. The monoisotopic (exact) mass is 402 g/mol. The molecule has 8 heteroatoms. The summed E-state index contributed by atoms with van der Waals surface area (Å²) in [7, 11) is 0. The van der Waals surface area contributed by atoms with E-state index in [0.717, 1.165) is 32.0 Å². The van der Waals surface area contributed by atoms with Crippen LogP contribution in [0.5, 0.6) is 0 Å². The summed E-state index contributed by atoms with van der Waals surface area (Å²) in [5, 5.41) is 12.8. The van der Waals surface area contributed by atoms with E-state index in [9.17, 15) is 14.7 Å². The number of carbonyl (C=O) groups is 2. The molecule has 7 nitrogen and oxygen atoms in total. The third-order valence-electron chi connectivity index (χ3n) is 4.73. The number of carbonyl (C=O) groups excluding carboxylic acids is 1. The van der Waals surface area contributed by atoms with Crippen molar-refractivity contribution in [1.82, 2.24) is 9.88 Å². The van der Waals surface area contributed by atoms with Gasteiger partial charge in [-0.05, 0) is 36.4 Å². The van der Waals surface area contributed by atoms with Gasteiger partial charge in [-0.25, -0.2) is 4.98 Å². The van der Waals surface area contributed by atoms with E-state index in [1.165, 1.54) is 0 Å². The average Bonchev–Trinajstić information content (AvgIpc) is 2.70. The van der Waals surface area contributed by atoms with Gasteiger partial charge < -0.3 is 15.3 Å². The molecule has 1 fully saturated rings. The van der Waals surface area contributed by atoms with Crippen LogP contribution in [0.2, 0.25) is 5.02 Å². The number of amides is 1. The highest BCUT2D eigenvalue weighted by Gasteiger charge is 2.26. The molecule has 0 bridgehead atoms. The molecule has 0 unspecified atom stereocenters. The number of aliphatic carboxylic acids is 1. The highest BCUT2D eigenvalue weighted by Crippen LogP contribution is 2.17. The third-order valence-corrected chi connectivity index (χ3v) is 4.99. The van der Waals surface area contributed by atoms with Crippen LogP contribution < -0.4 is 10.2 Å².